The van der Waals surface area contributed by atoms with Gasteiger partial charge < -0.3 is 24.7 Å². The van der Waals surface area contributed by atoms with Gasteiger partial charge in [0.05, 0.1) is 37.5 Å². The lowest BCUT2D eigenvalue weighted by Crippen LogP contribution is -2.29. The number of aromatic nitrogens is 2. The zero-order valence-electron chi connectivity index (χ0n) is 21.4. The Kier molecular flexibility index (Phi) is 7.65. The first-order valence-electron chi connectivity index (χ1n) is 12.7. The molecule has 2 heterocycles. The summed E-state index contributed by atoms with van der Waals surface area (Å²) < 4.78 is 53.7. The standard InChI is InChI=1S/C28H28F2N4O5/c1-36-24-9-4-16(12-23(24)30)25-26(17-2-3-18(14-31)22(29)13-17)33-34(27(25)38-21-10-11-37-15-21)19-5-7-20(8-6-19)39-28(32)35/h2-4,9,12-13,19-21H,5-8,10-11,15H2,1H3,(H2,32,35)/t19?,20?,21-/m0/s1. The van der Waals surface area contributed by atoms with Crippen molar-refractivity contribution < 1.29 is 32.5 Å². The van der Waals surface area contributed by atoms with Gasteiger partial charge in [-0.3, -0.25) is 0 Å². The number of halogens is 2. The molecule has 1 aliphatic carbocycles. The number of carbonyl (C=O) groups excluding carboxylic acids is 1. The van der Waals surface area contributed by atoms with E-state index >= 15 is 0 Å². The fourth-order valence-corrected chi connectivity index (χ4v) is 5.15. The predicted octanol–water partition coefficient (Wildman–Crippen LogP) is 5.12. The average molecular weight is 539 g/mol. The summed E-state index contributed by atoms with van der Waals surface area (Å²) in [5.41, 5.74) is 6.86. The van der Waals surface area contributed by atoms with Crippen LogP contribution in [0.5, 0.6) is 11.6 Å². The molecule has 1 saturated carbocycles. The monoisotopic (exact) mass is 538 g/mol. The molecule has 9 nitrogen and oxygen atoms in total. The van der Waals surface area contributed by atoms with Crippen LogP contribution in [0, 0.1) is 23.0 Å². The summed E-state index contributed by atoms with van der Waals surface area (Å²) in [6, 6.07) is 10.5. The van der Waals surface area contributed by atoms with Gasteiger partial charge in [-0.05, 0) is 55.5 Å². The number of rotatable bonds is 7. The van der Waals surface area contributed by atoms with Gasteiger partial charge >= 0.3 is 6.09 Å². The SMILES string of the molecule is COc1ccc(-c2c(-c3ccc(C#N)c(F)c3)nn(C3CCC(OC(N)=O)CC3)c2O[C@H]2CCOC2)cc1F. The summed E-state index contributed by atoms with van der Waals surface area (Å²) in [5, 5.41) is 14.1. The summed E-state index contributed by atoms with van der Waals surface area (Å²) in [4.78, 5) is 11.2. The second-order valence-electron chi connectivity index (χ2n) is 9.60. The highest BCUT2D eigenvalue weighted by Gasteiger charge is 2.33. The Morgan fingerprint density at radius 1 is 1.08 bits per heavy atom. The van der Waals surface area contributed by atoms with E-state index in [2.05, 4.69) is 0 Å². The summed E-state index contributed by atoms with van der Waals surface area (Å²) >= 11 is 0. The first-order valence-corrected chi connectivity index (χ1v) is 12.7. The Morgan fingerprint density at radius 2 is 1.82 bits per heavy atom. The van der Waals surface area contributed by atoms with Crippen LogP contribution in [0.4, 0.5) is 13.6 Å². The summed E-state index contributed by atoms with van der Waals surface area (Å²) in [5.74, 6) is -0.767. The number of primary amides is 1. The molecule has 1 aromatic heterocycles. The number of methoxy groups -OCH3 is 1. The van der Waals surface area contributed by atoms with E-state index in [9.17, 15) is 18.8 Å². The highest BCUT2D eigenvalue weighted by Crippen LogP contribution is 2.45. The van der Waals surface area contributed by atoms with Gasteiger partial charge in [0.15, 0.2) is 11.6 Å². The summed E-state index contributed by atoms with van der Waals surface area (Å²) in [6.07, 6.45) is 1.72. The van der Waals surface area contributed by atoms with Crippen LogP contribution in [0.15, 0.2) is 36.4 Å². The highest BCUT2D eigenvalue weighted by molar-refractivity contribution is 5.85. The average Bonchev–Trinajstić information content (AvgIpc) is 3.57. The third-order valence-corrected chi connectivity index (χ3v) is 7.11. The Morgan fingerprint density at radius 3 is 2.44 bits per heavy atom. The summed E-state index contributed by atoms with van der Waals surface area (Å²) in [7, 11) is 1.38. The van der Waals surface area contributed by atoms with E-state index in [1.54, 1.807) is 16.8 Å². The van der Waals surface area contributed by atoms with Gasteiger partial charge in [0.1, 0.15) is 29.8 Å². The highest BCUT2D eigenvalue weighted by atomic mass is 19.1. The van der Waals surface area contributed by atoms with Gasteiger partial charge in [-0.2, -0.15) is 10.4 Å². The number of carbonyl (C=O) groups is 1. The molecule has 2 fully saturated rings. The van der Waals surface area contributed by atoms with Crippen LogP contribution in [0.1, 0.15) is 43.7 Å². The summed E-state index contributed by atoms with van der Waals surface area (Å²) in [6.45, 7) is 0.941. The number of hydrogen-bond acceptors (Lipinski definition) is 7. The second-order valence-corrected chi connectivity index (χ2v) is 9.60. The maximum absolute atomic E-state index is 14.9. The van der Waals surface area contributed by atoms with Gasteiger partial charge in [-0.1, -0.05) is 12.1 Å². The van der Waals surface area contributed by atoms with E-state index in [0.717, 1.165) is 0 Å². The third-order valence-electron chi connectivity index (χ3n) is 7.11. The molecular weight excluding hydrogens is 510 g/mol. The van der Waals surface area contributed by atoms with Gasteiger partial charge in [-0.15, -0.1) is 0 Å². The van der Waals surface area contributed by atoms with Crippen molar-refractivity contribution in [1.82, 2.24) is 9.78 Å². The largest absolute Gasteiger partial charge is 0.494 e. The Labute approximate surface area is 224 Å². The van der Waals surface area contributed by atoms with Crippen molar-refractivity contribution in [1.29, 1.82) is 5.26 Å². The minimum absolute atomic E-state index is 0.0801. The number of amides is 1. The van der Waals surface area contributed by atoms with Crippen molar-refractivity contribution in [2.45, 2.75) is 50.4 Å². The predicted molar refractivity (Wildman–Crippen MR) is 136 cm³/mol. The third kappa shape index (κ3) is 5.52. The zero-order valence-corrected chi connectivity index (χ0v) is 21.4. The van der Waals surface area contributed by atoms with Crippen molar-refractivity contribution in [2.24, 2.45) is 5.73 Å². The molecule has 3 aromatic rings. The molecule has 5 rings (SSSR count). The Balaban J connectivity index is 1.65. The van der Waals surface area contributed by atoms with Crippen molar-refractivity contribution in [2.75, 3.05) is 20.3 Å². The molecule has 0 unspecified atom stereocenters. The number of nitrogens with zero attached hydrogens (tertiary/aromatic N) is 3. The van der Waals surface area contributed by atoms with Gasteiger partial charge in [-0.25, -0.2) is 18.3 Å². The molecule has 2 aromatic carbocycles. The Bertz CT molecular complexity index is 1410. The fraction of sp³-hybridized carbons (Fsp3) is 0.393. The molecule has 2 aliphatic rings. The maximum atomic E-state index is 14.9. The molecule has 1 saturated heterocycles. The topological polar surface area (TPSA) is 122 Å². The minimum Gasteiger partial charge on any atom is -0.494 e. The molecule has 0 spiro atoms. The lowest BCUT2D eigenvalue weighted by molar-refractivity contribution is 0.0676. The molecule has 204 valence electrons. The first kappa shape index (κ1) is 26.4. The molecule has 1 amide bonds. The van der Waals surface area contributed by atoms with Gasteiger partial charge in [0.25, 0.3) is 0 Å². The number of benzene rings is 2. The lowest BCUT2D eigenvalue weighted by Gasteiger charge is -2.29. The van der Waals surface area contributed by atoms with Crippen molar-refractivity contribution in [3.63, 3.8) is 0 Å². The smallest absolute Gasteiger partial charge is 0.404 e. The second kappa shape index (κ2) is 11.3. The molecule has 39 heavy (non-hydrogen) atoms. The molecule has 1 aliphatic heterocycles. The number of nitrogens with two attached hydrogens (primary N) is 1. The van der Waals surface area contributed by atoms with Crippen LogP contribution >= 0.6 is 0 Å². The molecule has 1 atom stereocenters. The van der Waals surface area contributed by atoms with Gasteiger partial charge in [0.2, 0.25) is 5.88 Å². The van der Waals surface area contributed by atoms with E-state index < -0.39 is 17.7 Å². The van der Waals surface area contributed by atoms with Crippen LogP contribution in [0.2, 0.25) is 0 Å². The zero-order chi connectivity index (χ0) is 27.5. The van der Waals surface area contributed by atoms with Crippen LogP contribution in [0.3, 0.4) is 0 Å². The molecule has 11 heteroatoms. The quantitative estimate of drug-likeness (QED) is 0.443. The van der Waals surface area contributed by atoms with E-state index in [0.29, 0.717) is 73.6 Å². The van der Waals surface area contributed by atoms with Crippen LogP contribution in [0.25, 0.3) is 22.4 Å². The molecule has 2 N–H and O–H groups in total. The van der Waals surface area contributed by atoms with Crippen molar-refractivity contribution >= 4 is 6.09 Å². The van der Waals surface area contributed by atoms with Crippen LogP contribution in [-0.4, -0.2) is 48.4 Å². The lowest BCUT2D eigenvalue weighted by atomic mass is 9.93. The van der Waals surface area contributed by atoms with E-state index in [1.807, 2.05) is 6.07 Å². The van der Waals surface area contributed by atoms with Gasteiger partial charge in [0, 0.05) is 12.0 Å². The minimum atomic E-state index is -0.809. The molecule has 0 radical (unpaired) electrons. The van der Waals surface area contributed by atoms with Crippen molar-refractivity contribution in [3.8, 4) is 40.1 Å². The van der Waals surface area contributed by atoms with E-state index in [1.165, 1.54) is 31.4 Å². The number of hydrogen-bond donors (Lipinski definition) is 1. The van der Waals surface area contributed by atoms with Crippen LogP contribution in [-0.2, 0) is 9.47 Å². The number of nitriles is 1. The first-order chi connectivity index (χ1) is 18.9. The molecule has 0 bridgehead atoms. The van der Waals surface area contributed by atoms with E-state index in [4.69, 9.17) is 29.8 Å². The fourth-order valence-electron chi connectivity index (χ4n) is 5.15. The number of ether oxygens (including phenoxy) is 4. The normalized spacial score (nSPS) is 20.8. The van der Waals surface area contributed by atoms with E-state index in [-0.39, 0.29) is 29.6 Å². The maximum Gasteiger partial charge on any atom is 0.404 e. The van der Waals surface area contributed by atoms with Crippen LogP contribution < -0.4 is 15.2 Å². The Hall–Kier alpha value is -4.17. The van der Waals surface area contributed by atoms with Crippen molar-refractivity contribution in [3.05, 3.63) is 53.6 Å². The molecular formula is C28H28F2N4O5.